The second-order valence-electron chi connectivity index (χ2n) is 8.25. The molecule has 5 rings (SSSR count). The molecule has 5 heterocycles. The van der Waals surface area contributed by atoms with E-state index in [2.05, 4.69) is 42.8 Å². The van der Waals surface area contributed by atoms with Crippen molar-refractivity contribution in [2.24, 2.45) is 0 Å². The van der Waals surface area contributed by atoms with Gasteiger partial charge in [0, 0.05) is 37.3 Å². The second kappa shape index (κ2) is 9.72. The summed E-state index contributed by atoms with van der Waals surface area (Å²) in [7, 11) is 5.24. The van der Waals surface area contributed by atoms with Crippen LogP contribution in [0, 0.1) is 0 Å². The van der Waals surface area contributed by atoms with Gasteiger partial charge >= 0.3 is 6.01 Å². The number of hydrogen-bond donors (Lipinski definition) is 0. The third-order valence-corrected chi connectivity index (χ3v) is 7.06. The van der Waals surface area contributed by atoms with E-state index in [0.29, 0.717) is 12.5 Å². The molecule has 0 aromatic carbocycles. The first kappa shape index (κ1) is 22.2. The molecule has 3 aromatic heterocycles. The summed E-state index contributed by atoms with van der Waals surface area (Å²) in [6, 6.07) is 2.36. The van der Waals surface area contributed by atoms with E-state index < -0.39 is 0 Å². The van der Waals surface area contributed by atoms with Gasteiger partial charge in [0.1, 0.15) is 17.0 Å². The van der Waals surface area contributed by atoms with Crippen molar-refractivity contribution in [3.05, 3.63) is 18.6 Å². The molecule has 2 saturated heterocycles. The van der Waals surface area contributed by atoms with Gasteiger partial charge < -0.3 is 28.7 Å². The number of nitrogens with zero attached hydrogens (tertiary/aromatic N) is 6. The topological polar surface area (TPSA) is 95.0 Å². The number of morpholine rings is 1. The number of hydrogen-bond acceptors (Lipinski definition) is 11. The highest BCUT2D eigenvalue weighted by Gasteiger charge is 2.28. The number of likely N-dealkylation sites (N-methyl/N-ethyl adjacent to an activating group) is 1. The molecular formula is C22H28N6O4S. The van der Waals surface area contributed by atoms with E-state index in [4.69, 9.17) is 18.9 Å². The quantitative estimate of drug-likeness (QED) is 0.509. The Morgan fingerprint density at radius 2 is 2.06 bits per heavy atom. The van der Waals surface area contributed by atoms with Crippen molar-refractivity contribution < 1.29 is 18.9 Å². The number of fused-ring (bicyclic) bond motifs is 1. The highest BCUT2D eigenvalue weighted by molar-refractivity contribution is 7.22. The summed E-state index contributed by atoms with van der Waals surface area (Å²) in [6.07, 6.45) is 4.61. The lowest BCUT2D eigenvalue weighted by molar-refractivity contribution is -0.0766. The molecule has 0 spiro atoms. The van der Waals surface area contributed by atoms with Crippen LogP contribution in [0.15, 0.2) is 18.6 Å². The van der Waals surface area contributed by atoms with Crippen LogP contribution in [0.2, 0.25) is 0 Å². The zero-order valence-electron chi connectivity index (χ0n) is 19.1. The molecule has 2 atom stereocenters. The van der Waals surface area contributed by atoms with Crippen molar-refractivity contribution >= 4 is 27.4 Å². The molecule has 0 amide bonds. The standard InChI is InChI=1S/C22H28N6O4S/c1-27-6-7-31-15(10-27)12-32-14-4-5-28(11-14)19-16-8-18(33-21(16)25-13-24-19)17-9-23-22(30-3)26-20(17)29-2/h8-9,13-15H,4-7,10-12H2,1-3H3. The van der Waals surface area contributed by atoms with E-state index in [9.17, 15) is 0 Å². The number of methoxy groups -OCH3 is 2. The molecule has 2 fully saturated rings. The smallest absolute Gasteiger partial charge is 0.319 e. The summed E-state index contributed by atoms with van der Waals surface area (Å²) in [5.41, 5.74) is 0.798. The van der Waals surface area contributed by atoms with Gasteiger partial charge in [-0.05, 0) is 19.5 Å². The van der Waals surface area contributed by atoms with Gasteiger partial charge in [-0.1, -0.05) is 0 Å². The molecule has 176 valence electrons. The fraction of sp³-hybridized carbons (Fsp3) is 0.545. The van der Waals surface area contributed by atoms with Gasteiger partial charge in [0.15, 0.2) is 0 Å². The monoisotopic (exact) mass is 472 g/mol. The van der Waals surface area contributed by atoms with Crippen molar-refractivity contribution in [1.82, 2.24) is 24.8 Å². The van der Waals surface area contributed by atoms with Crippen molar-refractivity contribution in [3.63, 3.8) is 0 Å². The maximum atomic E-state index is 6.20. The Labute approximate surface area is 196 Å². The van der Waals surface area contributed by atoms with E-state index in [-0.39, 0.29) is 18.2 Å². The van der Waals surface area contributed by atoms with Crippen LogP contribution in [0.5, 0.6) is 11.9 Å². The molecule has 3 aromatic rings. The summed E-state index contributed by atoms with van der Waals surface area (Å²) >= 11 is 1.57. The highest BCUT2D eigenvalue weighted by Crippen LogP contribution is 2.40. The predicted molar refractivity (Wildman–Crippen MR) is 125 cm³/mol. The normalized spacial score (nSPS) is 21.6. The van der Waals surface area contributed by atoms with Gasteiger partial charge in [0.2, 0.25) is 5.88 Å². The van der Waals surface area contributed by atoms with E-state index in [1.165, 1.54) is 7.11 Å². The van der Waals surface area contributed by atoms with Crippen LogP contribution in [-0.2, 0) is 9.47 Å². The fourth-order valence-corrected chi connectivity index (χ4v) is 5.26. The summed E-state index contributed by atoms with van der Waals surface area (Å²) in [5.74, 6) is 1.39. The Balaban J connectivity index is 1.32. The number of ether oxygens (including phenoxy) is 4. The average molecular weight is 473 g/mol. The first-order valence-electron chi connectivity index (χ1n) is 11.0. The third kappa shape index (κ3) is 4.72. The van der Waals surface area contributed by atoms with Gasteiger partial charge in [-0.3, -0.25) is 0 Å². The van der Waals surface area contributed by atoms with Crippen LogP contribution in [0.4, 0.5) is 5.82 Å². The molecule has 2 unspecified atom stereocenters. The van der Waals surface area contributed by atoms with Gasteiger partial charge in [-0.2, -0.15) is 4.98 Å². The average Bonchev–Trinajstić information content (AvgIpc) is 3.49. The van der Waals surface area contributed by atoms with Crippen molar-refractivity contribution in [1.29, 1.82) is 0 Å². The zero-order chi connectivity index (χ0) is 22.8. The lowest BCUT2D eigenvalue weighted by atomic mass is 10.2. The molecule has 0 N–H and O–H groups in total. The molecule has 11 heteroatoms. The molecule has 2 aliphatic heterocycles. The lowest BCUT2D eigenvalue weighted by Crippen LogP contribution is -2.43. The molecule has 0 radical (unpaired) electrons. The Morgan fingerprint density at radius 3 is 2.88 bits per heavy atom. The fourth-order valence-electron chi connectivity index (χ4n) is 4.27. The van der Waals surface area contributed by atoms with E-state index in [1.54, 1.807) is 31.0 Å². The predicted octanol–water partition coefficient (Wildman–Crippen LogP) is 2.09. The number of rotatable bonds is 7. The van der Waals surface area contributed by atoms with Crippen molar-refractivity contribution in [2.75, 3.05) is 65.6 Å². The van der Waals surface area contributed by atoms with E-state index in [0.717, 1.165) is 65.7 Å². The first-order chi connectivity index (χ1) is 16.1. The molecule has 10 nitrogen and oxygen atoms in total. The third-order valence-electron chi connectivity index (χ3n) is 5.99. The van der Waals surface area contributed by atoms with Crippen molar-refractivity contribution in [2.45, 2.75) is 18.6 Å². The summed E-state index contributed by atoms with van der Waals surface area (Å²) in [6.45, 7) is 4.98. The van der Waals surface area contributed by atoms with Crippen LogP contribution in [-0.4, -0.2) is 97.7 Å². The minimum absolute atomic E-state index is 0.143. The Morgan fingerprint density at radius 1 is 1.15 bits per heavy atom. The lowest BCUT2D eigenvalue weighted by Gasteiger charge is -2.30. The molecule has 0 saturated carbocycles. The first-order valence-corrected chi connectivity index (χ1v) is 11.8. The van der Waals surface area contributed by atoms with Crippen molar-refractivity contribution in [3.8, 4) is 22.3 Å². The zero-order valence-corrected chi connectivity index (χ0v) is 19.9. The van der Waals surface area contributed by atoms with Crippen LogP contribution in [0.1, 0.15) is 6.42 Å². The minimum atomic E-state index is 0.143. The Hall–Kier alpha value is -2.60. The molecule has 0 bridgehead atoms. The number of thiophene rings is 1. The Kier molecular flexibility index (Phi) is 6.54. The van der Waals surface area contributed by atoms with Crippen LogP contribution in [0.3, 0.4) is 0 Å². The highest BCUT2D eigenvalue weighted by atomic mass is 32.1. The maximum absolute atomic E-state index is 6.20. The molecule has 2 aliphatic rings. The van der Waals surface area contributed by atoms with Crippen LogP contribution in [0.25, 0.3) is 20.7 Å². The molecule has 33 heavy (non-hydrogen) atoms. The van der Waals surface area contributed by atoms with Crippen LogP contribution < -0.4 is 14.4 Å². The summed E-state index contributed by atoms with van der Waals surface area (Å²) in [4.78, 5) is 24.1. The van der Waals surface area contributed by atoms with E-state index >= 15 is 0 Å². The number of anilines is 1. The molecular weight excluding hydrogens is 444 g/mol. The maximum Gasteiger partial charge on any atom is 0.319 e. The minimum Gasteiger partial charge on any atom is -0.480 e. The number of aromatic nitrogens is 4. The second-order valence-corrected chi connectivity index (χ2v) is 9.28. The van der Waals surface area contributed by atoms with Crippen LogP contribution >= 0.6 is 11.3 Å². The summed E-state index contributed by atoms with van der Waals surface area (Å²) < 4.78 is 22.6. The summed E-state index contributed by atoms with van der Waals surface area (Å²) in [5, 5.41) is 1.01. The van der Waals surface area contributed by atoms with Gasteiger partial charge in [0.25, 0.3) is 0 Å². The Bertz CT molecular complexity index is 1110. The largest absolute Gasteiger partial charge is 0.480 e. The van der Waals surface area contributed by atoms with Gasteiger partial charge in [-0.25, -0.2) is 15.0 Å². The SMILES string of the molecule is COc1ncc(-c2cc3c(N4CCC(OCC5CN(C)CCO5)C4)ncnc3s2)c(OC)n1. The molecule has 0 aliphatic carbocycles. The van der Waals surface area contributed by atoms with Gasteiger partial charge in [-0.15, -0.1) is 11.3 Å². The van der Waals surface area contributed by atoms with E-state index in [1.807, 2.05) is 0 Å². The van der Waals surface area contributed by atoms with Gasteiger partial charge in [0.05, 0.1) is 50.6 Å².